The number of halogens is 1. The van der Waals surface area contributed by atoms with E-state index in [0.29, 0.717) is 55.4 Å². The number of piperidine rings is 1. The fourth-order valence-electron chi connectivity index (χ4n) is 5.28. The standard InChI is InChI=1S/C26H28ClN3O4/c27-19-6-3-5-18(15-19)16-24(32)30-12-4-8-21(30)25(33)29-13-10-26(11-14-29)17-23(31)28-20-7-1-2-9-22(20)34-26/h1-3,5-7,9,15,21H,4,8,10-14,16-17H2,(H,28,31). The summed E-state index contributed by atoms with van der Waals surface area (Å²) >= 11 is 6.06. The Kier molecular flexibility index (Phi) is 6.21. The normalized spacial score (nSPS) is 21.4. The number of likely N-dealkylation sites (tertiary alicyclic amines) is 2. The van der Waals surface area contributed by atoms with E-state index in [1.54, 1.807) is 17.0 Å². The lowest BCUT2D eigenvalue weighted by Crippen LogP contribution is -2.55. The molecule has 0 bridgehead atoms. The number of fused-ring (bicyclic) bond motifs is 1. The van der Waals surface area contributed by atoms with E-state index in [1.807, 2.05) is 41.3 Å². The first-order chi connectivity index (χ1) is 16.4. The van der Waals surface area contributed by atoms with Gasteiger partial charge in [0, 0.05) is 37.5 Å². The van der Waals surface area contributed by atoms with E-state index in [0.717, 1.165) is 12.0 Å². The first kappa shape index (κ1) is 22.7. The van der Waals surface area contributed by atoms with Crippen LogP contribution in [0.15, 0.2) is 48.5 Å². The lowest BCUT2D eigenvalue weighted by Gasteiger charge is -2.42. The monoisotopic (exact) mass is 481 g/mol. The molecule has 1 spiro atoms. The number of hydrogen-bond donors (Lipinski definition) is 1. The molecular formula is C26H28ClN3O4. The molecule has 1 atom stereocenters. The highest BCUT2D eigenvalue weighted by atomic mass is 35.5. The molecule has 2 aromatic rings. The van der Waals surface area contributed by atoms with Crippen molar-refractivity contribution < 1.29 is 19.1 Å². The second kappa shape index (κ2) is 9.29. The van der Waals surface area contributed by atoms with Crippen LogP contribution in [0.2, 0.25) is 5.02 Å². The minimum atomic E-state index is -0.620. The molecule has 2 saturated heterocycles. The van der Waals surface area contributed by atoms with Crippen LogP contribution in [0.1, 0.15) is 37.7 Å². The van der Waals surface area contributed by atoms with Gasteiger partial charge in [-0.1, -0.05) is 35.9 Å². The smallest absolute Gasteiger partial charge is 0.245 e. The molecule has 3 aliphatic rings. The highest BCUT2D eigenvalue weighted by Gasteiger charge is 2.44. The summed E-state index contributed by atoms with van der Waals surface area (Å²) in [6, 6.07) is 14.3. The second-order valence-corrected chi connectivity index (χ2v) is 9.82. The number of carbonyl (C=O) groups is 3. The second-order valence-electron chi connectivity index (χ2n) is 9.38. The molecule has 3 amide bonds. The molecule has 3 aliphatic heterocycles. The highest BCUT2D eigenvalue weighted by Crippen LogP contribution is 2.38. The average Bonchev–Trinajstić information content (AvgIpc) is 3.25. The van der Waals surface area contributed by atoms with Gasteiger partial charge in [0.15, 0.2) is 0 Å². The Bertz CT molecular complexity index is 1110. The third-order valence-corrected chi connectivity index (χ3v) is 7.29. The van der Waals surface area contributed by atoms with Crippen molar-refractivity contribution >= 4 is 35.0 Å². The molecule has 5 rings (SSSR count). The largest absolute Gasteiger partial charge is 0.484 e. The van der Waals surface area contributed by atoms with E-state index in [4.69, 9.17) is 16.3 Å². The molecule has 0 saturated carbocycles. The zero-order valence-electron chi connectivity index (χ0n) is 19.0. The predicted molar refractivity (Wildman–Crippen MR) is 129 cm³/mol. The van der Waals surface area contributed by atoms with Crippen LogP contribution in [0.3, 0.4) is 0 Å². The van der Waals surface area contributed by atoms with Crippen LogP contribution >= 0.6 is 11.6 Å². The molecule has 8 heteroatoms. The van der Waals surface area contributed by atoms with Crippen LogP contribution in [-0.4, -0.2) is 58.8 Å². The summed E-state index contributed by atoms with van der Waals surface area (Å²) in [4.78, 5) is 42.5. The zero-order chi connectivity index (χ0) is 23.7. The summed E-state index contributed by atoms with van der Waals surface area (Å²) in [5, 5.41) is 3.51. The van der Waals surface area contributed by atoms with Crippen molar-refractivity contribution in [1.82, 2.24) is 9.80 Å². The summed E-state index contributed by atoms with van der Waals surface area (Å²) in [5.74, 6) is 0.539. The summed E-state index contributed by atoms with van der Waals surface area (Å²) in [6.07, 6.45) is 3.13. The Hall–Kier alpha value is -3.06. The number of carbonyl (C=O) groups excluding carboxylic acids is 3. The maximum absolute atomic E-state index is 13.4. The van der Waals surface area contributed by atoms with Crippen molar-refractivity contribution in [1.29, 1.82) is 0 Å². The van der Waals surface area contributed by atoms with Gasteiger partial charge in [-0.05, 0) is 42.7 Å². The fourth-order valence-corrected chi connectivity index (χ4v) is 5.50. The Morgan fingerprint density at radius 2 is 1.88 bits per heavy atom. The molecule has 3 heterocycles. The topological polar surface area (TPSA) is 79.0 Å². The quantitative estimate of drug-likeness (QED) is 0.725. The van der Waals surface area contributed by atoms with Crippen LogP contribution in [-0.2, 0) is 20.8 Å². The van der Waals surface area contributed by atoms with Crippen LogP contribution in [0.5, 0.6) is 5.75 Å². The van der Waals surface area contributed by atoms with Crippen molar-refractivity contribution in [2.24, 2.45) is 0 Å². The van der Waals surface area contributed by atoms with Gasteiger partial charge in [0.1, 0.15) is 17.4 Å². The van der Waals surface area contributed by atoms with Gasteiger partial charge in [-0.3, -0.25) is 14.4 Å². The summed E-state index contributed by atoms with van der Waals surface area (Å²) < 4.78 is 6.35. The number of rotatable bonds is 3. The van der Waals surface area contributed by atoms with E-state index in [2.05, 4.69) is 5.32 Å². The fraction of sp³-hybridized carbons (Fsp3) is 0.423. The number of anilines is 1. The van der Waals surface area contributed by atoms with Crippen molar-refractivity contribution in [2.75, 3.05) is 25.0 Å². The third-order valence-electron chi connectivity index (χ3n) is 7.06. The van der Waals surface area contributed by atoms with E-state index < -0.39 is 11.6 Å². The SMILES string of the molecule is O=C1CC2(CCN(C(=O)C3CCCN3C(=O)Cc3cccc(Cl)c3)CC2)Oc2ccccc2N1. The molecule has 2 aromatic carbocycles. The van der Waals surface area contributed by atoms with Gasteiger partial charge in [0.2, 0.25) is 17.7 Å². The average molecular weight is 482 g/mol. The van der Waals surface area contributed by atoms with Gasteiger partial charge in [0.05, 0.1) is 18.5 Å². The van der Waals surface area contributed by atoms with Crippen molar-refractivity contribution in [3.63, 3.8) is 0 Å². The van der Waals surface area contributed by atoms with Crippen molar-refractivity contribution in [3.05, 3.63) is 59.1 Å². The predicted octanol–water partition coefficient (Wildman–Crippen LogP) is 3.66. The van der Waals surface area contributed by atoms with E-state index in [-0.39, 0.29) is 30.6 Å². The zero-order valence-corrected chi connectivity index (χ0v) is 19.7. The molecular weight excluding hydrogens is 454 g/mol. The first-order valence-electron chi connectivity index (χ1n) is 11.8. The van der Waals surface area contributed by atoms with Crippen LogP contribution < -0.4 is 10.1 Å². The minimum Gasteiger partial charge on any atom is -0.484 e. The number of amides is 3. The van der Waals surface area contributed by atoms with Crippen molar-refractivity contribution in [2.45, 2.75) is 50.2 Å². The van der Waals surface area contributed by atoms with Gasteiger partial charge >= 0.3 is 0 Å². The van der Waals surface area contributed by atoms with E-state index in [1.165, 1.54) is 0 Å². The number of ether oxygens (including phenoxy) is 1. The lowest BCUT2D eigenvalue weighted by atomic mass is 9.87. The number of nitrogens with zero attached hydrogens (tertiary/aromatic N) is 2. The minimum absolute atomic E-state index is 0.00901. The lowest BCUT2D eigenvalue weighted by molar-refractivity contribution is -0.146. The van der Waals surface area contributed by atoms with Crippen molar-refractivity contribution in [3.8, 4) is 5.75 Å². The van der Waals surface area contributed by atoms with Crippen LogP contribution in [0, 0.1) is 0 Å². The number of nitrogens with one attached hydrogen (secondary N) is 1. The van der Waals surface area contributed by atoms with E-state index >= 15 is 0 Å². The number of benzene rings is 2. The van der Waals surface area contributed by atoms with Gasteiger partial charge < -0.3 is 19.9 Å². The molecule has 7 nitrogen and oxygen atoms in total. The number of hydrogen-bond acceptors (Lipinski definition) is 4. The summed E-state index contributed by atoms with van der Waals surface area (Å²) in [5.41, 5.74) is 0.910. The summed E-state index contributed by atoms with van der Waals surface area (Å²) in [6.45, 7) is 1.59. The Morgan fingerprint density at radius 1 is 1.09 bits per heavy atom. The first-order valence-corrected chi connectivity index (χ1v) is 12.2. The molecule has 1 N–H and O–H groups in total. The number of para-hydroxylation sites is 2. The van der Waals surface area contributed by atoms with Gasteiger partial charge in [-0.25, -0.2) is 0 Å². The maximum Gasteiger partial charge on any atom is 0.245 e. The van der Waals surface area contributed by atoms with Crippen LogP contribution in [0.25, 0.3) is 0 Å². The molecule has 0 radical (unpaired) electrons. The highest BCUT2D eigenvalue weighted by molar-refractivity contribution is 6.30. The molecule has 34 heavy (non-hydrogen) atoms. The third kappa shape index (κ3) is 4.62. The van der Waals surface area contributed by atoms with Gasteiger partial charge in [-0.15, -0.1) is 0 Å². The molecule has 2 fully saturated rings. The molecule has 0 aliphatic carbocycles. The molecule has 178 valence electrons. The van der Waals surface area contributed by atoms with E-state index in [9.17, 15) is 14.4 Å². The molecule has 0 aromatic heterocycles. The Labute approximate surface area is 204 Å². The Morgan fingerprint density at radius 3 is 2.68 bits per heavy atom. The molecule has 1 unspecified atom stereocenters. The Balaban J connectivity index is 1.24. The van der Waals surface area contributed by atoms with Gasteiger partial charge in [-0.2, -0.15) is 0 Å². The van der Waals surface area contributed by atoms with Gasteiger partial charge in [0.25, 0.3) is 0 Å². The summed E-state index contributed by atoms with van der Waals surface area (Å²) in [7, 11) is 0. The van der Waals surface area contributed by atoms with Crippen LogP contribution in [0.4, 0.5) is 5.69 Å². The maximum atomic E-state index is 13.4.